The zero-order valence-electron chi connectivity index (χ0n) is 11.6. The fourth-order valence-corrected chi connectivity index (χ4v) is 3.01. The molecule has 1 aromatic carbocycles. The zero-order chi connectivity index (χ0) is 14.4. The fourth-order valence-electron chi connectivity index (χ4n) is 1.94. The minimum absolute atomic E-state index is 0.0427. The summed E-state index contributed by atoms with van der Waals surface area (Å²) in [7, 11) is 0. The molecule has 0 saturated heterocycles. The molecule has 2 nitrogen and oxygen atoms in total. The number of hydrogen-bond acceptors (Lipinski definition) is 3. The van der Waals surface area contributed by atoms with Crippen LogP contribution < -0.4 is 5.73 Å². The van der Waals surface area contributed by atoms with Gasteiger partial charge >= 0.3 is 0 Å². The largest absolute Gasteiger partial charge is 0.323 e. The number of nitrogens with two attached hydrogens (primary N) is 1. The summed E-state index contributed by atoms with van der Waals surface area (Å²) in [6, 6.07) is 12.7. The first-order valence-corrected chi connectivity index (χ1v) is 8.55. The third-order valence-electron chi connectivity index (χ3n) is 3.06. The van der Waals surface area contributed by atoms with Crippen LogP contribution in [0.4, 0.5) is 0 Å². The molecule has 106 valence electrons. The predicted octanol–water partition coefficient (Wildman–Crippen LogP) is 4.59. The third kappa shape index (κ3) is 4.62. The molecule has 1 unspecified atom stereocenters. The van der Waals surface area contributed by atoms with Crippen molar-refractivity contribution in [1.29, 1.82) is 0 Å². The van der Waals surface area contributed by atoms with Crippen molar-refractivity contribution in [3.8, 4) is 0 Å². The summed E-state index contributed by atoms with van der Waals surface area (Å²) in [4.78, 5) is 4.34. The summed E-state index contributed by atoms with van der Waals surface area (Å²) in [5.41, 5.74) is 8.81. The second-order valence-corrected chi connectivity index (χ2v) is 6.68. The number of halogens is 1. The molecular weight excluding hydrogens is 332 g/mol. The minimum Gasteiger partial charge on any atom is -0.323 e. The van der Waals surface area contributed by atoms with Gasteiger partial charge in [-0.05, 0) is 45.6 Å². The van der Waals surface area contributed by atoms with Gasteiger partial charge in [-0.15, -0.1) is 11.8 Å². The second-order valence-electron chi connectivity index (χ2n) is 4.72. The Kier molecular flexibility index (Phi) is 6.07. The first kappa shape index (κ1) is 15.5. The quantitative estimate of drug-likeness (QED) is 0.774. The van der Waals surface area contributed by atoms with Crippen LogP contribution in [0.2, 0.25) is 0 Å². The van der Waals surface area contributed by atoms with E-state index in [0.717, 1.165) is 21.7 Å². The molecule has 0 fully saturated rings. The van der Waals surface area contributed by atoms with Crippen molar-refractivity contribution in [3.05, 3.63) is 58.2 Å². The Bertz CT molecular complexity index is 525. The molecule has 20 heavy (non-hydrogen) atoms. The van der Waals surface area contributed by atoms with Gasteiger partial charge in [0, 0.05) is 22.5 Å². The van der Waals surface area contributed by atoms with Crippen LogP contribution in [-0.4, -0.2) is 10.7 Å². The van der Waals surface area contributed by atoms with Gasteiger partial charge < -0.3 is 5.73 Å². The Morgan fingerprint density at radius 1 is 1.20 bits per heavy atom. The van der Waals surface area contributed by atoms with E-state index in [2.05, 4.69) is 52.1 Å². The Morgan fingerprint density at radius 2 is 1.95 bits per heavy atom. The van der Waals surface area contributed by atoms with Crippen LogP contribution in [0.1, 0.15) is 30.5 Å². The Hall–Kier alpha value is -0.840. The maximum Gasteiger partial charge on any atom is 0.0961 e. The third-order valence-corrected chi connectivity index (χ3v) is 4.59. The molecule has 2 aromatic rings. The Morgan fingerprint density at radius 3 is 2.55 bits per heavy atom. The average molecular weight is 351 g/mol. The number of nitrogens with zero attached hydrogens (tertiary/aromatic N) is 1. The number of rotatable bonds is 6. The standard InChI is InChI=1S/C16H19BrN2S/c1-2-3-12-4-6-13(7-5-12)15(18)11-20-16-9-8-14(17)10-19-16/h4-10,15H,2-3,11,18H2,1H3. The van der Waals surface area contributed by atoms with E-state index in [1.54, 1.807) is 11.8 Å². The van der Waals surface area contributed by atoms with E-state index in [0.29, 0.717) is 0 Å². The molecule has 2 N–H and O–H groups in total. The molecule has 0 spiro atoms. The molecular formula is C16H19BrN2S. The van der Waals surface area contributed by atoms with Crippen LogP contribution in [0.5, 0.6) is 0 Å². The lowest BCUT2D eigenvalue weighted by Crippen LogP contribution is -2.13. The van der Waals surface area contributed by atoms with E-state index in [1.165, 1.54) is 17.5 Å². The zero-order valence-corrected chi connectivity index (χ0v) is 14.0. The lowest BCUT2D eigenvalue weighted by Gasteiger charge is -2.12. The lowest BCUT2D eigenvalue weighted by atomic mass is 10.0. The monoisotopic (exact) mass is 350 g/mol. The number of benzene rings is 1. The van der Waals surface area contributed by atoms with E-state index >= 15 is 0 Å². The van der Waals surface area contributed by atoms with Gasteiger partial charge in [0.1, 0.15) is 0 Å². The van der Waals surface area contributed by atoms with Crippen LogP contribution in [0.15, 0.2) is 52.1 Å². The van der Waals surface area contributed by atoms with Gasteiger partial charge in [0.2, 0.25) is 0 Å². The SMILES string of the molecule is CCCc1ccc(C(N)CSc2ccc(Br)cn2)cc1. The van der Waals surface area contributed by atoms with Crippen molar-refractivity contribution in [3.63, 3.8) is 0 Å². The number of thioether (sulfide) groups is 1. The summed E-state index contributed by atoms with van der Waals surface area (Å²) in [5, 5.41) is 1.01. The summed E-state index contributed by atoms with van der Waals surface area (Å²) in [5.74, 6) is 0.835. The summed E-state index contributed by atoms with van der Waals surface area (Å²) < 4.78 is 0.998. The van der Waals surface area contributed by atoms with Gasteiger partial charge in [0.15, 0.2) is 0 Å². The lowest BCUT2D eigenvalue weighted by molar-refractivity contribution is 0.827. The topological polar surface area (TPSA) is 38.9 Å². The molecule has 4 heteroatoms. The van der Waals surface area contributed by atoms with E-state index in [-0.39, 0.29) is 6.04 Å². The molecule has 0 saturated carbocycles. The molecule has 0 aliphatic rings. The molecule has 0 radical (unpaired) electrons. The van der Waals surface area contributed by atoms with Gasteiger partial charge in [0.25, 0.3) is 0 Å². The van der Waals surface area contributed by atoms with Crippen molar-refractivity contribution in [2.24, 2.45) is 5.73 Å². The van der Waals surface area contributed by atoms with Crippen molar-refractivity contribution < 1.29 is 0 Å². The van der Waals surface area contributed by atoms with Crippen LogP contribution in [0, 0.1) is 0 Å². The van der Waals surface area contributed by atoms with E-state index in [9.17, 15) is 0 Å². The molecule has 0 aliphatic carbocycles. The maximum absolute atomic E-state index is 6.24. The number of aromatic nitrogens is 1. The molecule has 0 bridgehead atoms. The van der Waals surface area contributed by atoms with Gasteiger partial charge in [-0.2, -0.15) is 0 Å². The molecule has 1 heterocycles. The summed E-state index contributed by atoms with van der Waals surface area (Å²) in [6.07, 6.45) is 4.12. The van der Waals surface area contributed by atoms with E-state index < -0.39 is 0 Å². The molecule has 1 atom stereocenters. The molecule has 1 aromatic heterocycles. The smallest absolute Gasteiger partial charge is 0.0961 e. The molecule has 0 aliphatic heterocycles. The highest BCUT2D eigenvalue weighted by Gasteiger charge is 2.07. The first-order valence-electron chi connectivity index (χ1n) is 6.78. The second kappa shape index (κ2) is 7.81. The Balaban J connectivity index is 1.90. The average Bonchev–Trinajstić information content (AvgIpc) is 2.47. The van der Waals surface area contributed by atoms with Crippen LogP contribution in [0.25, 0.3) is 0 Å². The highest BCUT2D eigenvalue weighted by molar-refractivity contribution is 9.10. The van der Waals surface area contributed by atoms with Gasteiger partial charge in [-0.25, -0.2) is 4.98 Å². The highest BCUT2D eigenvalue weighted by Crippen LogP contribution is 2.23. The molecule has 2 rings (SSSR count). The maximum atomic E-state index is 6.24. The number of pyridine rings is 1. The van der Waals surface area contributed by atoms with Gasteiger partial charge in [0.05, 0.1) is 5.03 Å². The first-order chi connectivity index (χ1) is 9.69. The van der Waals surface area contributed by atoms with Crippen molar-refractivity contribution >= 4 is 27.7 Å². The van der Waals surface area contributed by atoms with Crippen molar-refractivity contribution in [2.45, 2.75) is 30.8 Å². The number of hydrogen-bond donors (Lipinski definition) is 1. The predicted molar refractivity (Wildman–Crippen MR) is 90.0 cm³/mol. The summed E-state index contributed by atoms with van der Waals surface area (Å²) in [6.45, 7) is 2.20. The minimum atomic E-state index is 0.0427. The van der Waals surface area contributed by atoms with Crippen molar-refractivity contribution in [1.82, 2.24) is 4.98 Å². The van der Waals surface area contributed by atoms with Crippen LogP contribution in [0.3, 0.4) is 0 Å². The van der Waals surface area contributed by atoms with Crippen molar-refractivity contribution in [2.75, 3.05) is 5.75 Å². The van der Waals surface area contributed by atoms with Crippen LogP contribution >= 0.6 is 27.7 Å². The normalized spacial score (nSPS) is 12.3. The fraction of sp³-hybridized carbons (Fsp3) is 0.312. The summed E-state index contributed by atoms with van der Waals surface area (Å²) >= 11 is 5.07. The highest BCUT2D eigenvalue weighted by atomic mass is 79.9. The van der Waals surface area contributed by atoms with Gasteiger partial charge in [-0.1, -0.05) is 37.6 Å². The van der Waals surface area contributed by atoms with E-state index in [4.69, 9.17) is 5.73 Å². The number of aryl methyl sites for hydroxylation is 1. The Labute approximate surface area is 133 Å². The van der Waals surface area contributed by atoms with Crippen LogP contribution in [-0.2, 0) is 6.42 Å². The molecule has 0 amide bonds. The van der Waals surface area contributed by atoms with Gasteiger partial charge in [-0.3, -0.25) is 0 Å². The van der Waals surface area contributed by atoms with E-state index in [1.807, 2.05) is 18.3 Å².